The van der Waals surface area contributed by atoms with E-state index in [1.165, 1.54) is 5.56 Å². The Kier molecular flexibility index (Phi) is 14.4. The molecule has 0 aliphatic carbocycles. The molecule has 9 heteroatoms. The third kappa shape index (κ3) is 10.2. The molecule has 2 heterocycles. The fraction of sp³-hybridized carbons (Fsp3) is 0.288. The van der Waals surface area contributed by atoms with Crippen LogP contribution in [0.4, 0.5) is 0 Å². The number of aryl methyl sites for hydroxylation is 1. The van der Waals surface area contributed by atoms with Gasteiger partial charge in [-0.2, -0.15) is 0 Å². The predicted molar refractivity (Wildman–Crippen MR) is 239 cm³/mol. The van der Waals surface area contributed by atoms with Gasteiger partial charge in [-0.1, -0.05) is 158 Å². The maximum atomic E-state index is 10.7. The SMILES string of the molecule is CCc1ccc(CC(=NO)c2cc3c(cc2SC)CO[C@]32O[C@H](COCc3ccccc3)[C@@H](OCc3ccccc3)[C@H](OCc3ccccc3)[C@H]2OCc2ccccc2)cc1. The van der Waals surface area contributed by atoms with Crippen LogP contribution in [0, 0.1) is 0 Å². The van der Waals surface area contributed by atoms with Gasteiger partial charge in [0.2, 0.25) is 5.79 Å². The van der Waals surface area contributed by atoms with E-state index in [-0.39, 0.29) is 19.8 Å². The Hall–Kier alpha value is -5.10. The number of hydrogen-bond acceptors (Lipinski definition) is 9. The summed E-state index contributed by atoms with van der Waals surface area (Å²) in [7, 11) is 0. The molecule has 1 spiro atoms. The van der Waals surface area contributed by atoms with E-state index in [1.54, 1.807) is 11.8 Å². The number of fused-ring (bicyclic) bond motifs is 2. The average molecular weight is 836 g/mol. The molecule has 0 aromatic heterocycles. The minimum Gasteiger partial charge on any atom is -0.411 e. The van der Waals surface area contributed by atoms with Gasteiger partial charge in [0.05, 0.1) is 45.4 Å². The highest BCUT2D eigenvalue weighted by molar-refractivity contribution is 7.98. The number of thioether (sulfide) groups is 1. The molecule has 1 N–H and O–H groups in total. The second-order valence-electron chi connectivity index (χ2n) is 15.5. The van der Waals surface area contributed by atoms with Crippen molar-refractivity contribution in [1.29, 1.82) is 0 Å². The molecular weight excluding hydrogens is 783 g/mol. The lowest BCUT2D eigenvalue weighted by molar-refractivity contribution is -0.387. The highest BCUT2D eigenvalue weighted by Crippen LogP contribution is 2.50. The van der Waals surface area contributed by atoms with Crippen LogP contribution in [-0.4, -0.2) is 48.2 Å². The van der Waals surface area contributed by atoms with Crippen LogP contribution in [0.25, 0.3) is 0 Å². The van der Waals surface area contributed by atoms with E-state index < -0.39 is 30.2 Å². The zero-order chi connectivity index (χ0) is 41.9. The number of rotatable bonds is 18. The summed E-state index contributed by atoms with van der Waals surface area (Å²) in [4.78, 5) is 0.971. The Labute approximate surface area is 363 Å². The highest BCUT2D eigenvalue weighted by atomic mass is 32.2. The van der Waals surface area contributed by atoms with E-state index >= 15 is 0 Å². The molecule has 8 nitrogen and oxygen atoms in total. The van der Waals surface area contributed by atoms with Crippen molar-refractivity contribution in [1.82, 2.24) is 0 Å². The number of nitrogens with zero attached hydrogens (tertiary/aromatic N) is 1. The Morgan fingerprint density at radius 3 is 1.72 bits per heavy atom. The normalized spacial score (nSPS) is 21.1. The average Bonchev–Trinajstić information content (AvgIpc) is 3.67. The van der Waals surface area contributed by atoms with Crippen LogP contribution in [0.3, 0.4) is 0 Å². The van der Waals surface area contributed by atoms with Crippen molar-refractivity contribution in [2.75, 3.05) is 12.9 Å². The first-order valence-electron chi connectivity index (χ1n) is 21.0. The largest absolute Gasteiger partial charge is 0.411 e. The number of oxime groups is 1. The topological polar surface area (TPSA) is 88.0 Å². The summed E-state index contributed by atoms with van der Waals surface area (Å²) >= 11 is 1.60. The molecular formula is C52H53NO7S. The van der Waals surface area contributed by atoms with Gasteiger partial charge in [0.15, 0.2) is 0 Å². The Morgan fingerprint density at radius 1 is 0.656 bits per heavy atom. The molecule has 0 unspecified atom stereocenters. The van der Waals surface area contributed by atoms with E-state index in [2.05, 4.69) is 72.7 Å². The summed E-state index contributed by atoms with van der Waals surface area (Å²) in [6, 6.07) is 53.1. The molecule has 6 aromatic carbocycles. The fourth-order valence-corrected chi connectivity index (χ4v) is 8.82. The number of ether oxygens (including phenoxy) is 6. The minimum absolute atomic E-state index is 0.193. The van der Waals surface area contributed by atoms with Gasteiger partial charge in [0, 0.05) is 22.4 Å². The maximum absolute atomic E-state index is 10.7. The van der Waals surface area contributed by atoms with Crippen LogP contribution in [-0.2, 0) is 80.1 Å². The van der Waals surface area contributed by atoms with Crippen molar-refractivity contribution in [3.63, 3.8) is 0 Å². The van der Waals surface area contributed by atoms with E-state index in [9.17, 15) is 5.21 Å². The van der Waals surface area contributed by atoms with Crippen molar-refractivity contribution in [2.45, 2.75) is 87.9 Å². The minimum atomic E-state index is -1.45. The third-order valence-electron chi connectivity index (χ3n) is 11.4. The van der Waals surface area contributed by atoms with Crippen molar-refractivity contribution >= 4 is 17.5 Å². The molecule has 0 amide bonds. The summed E-state index contributed by atoms with van der Waals surface area (Å²) < 4.78 is 42.0. The van der Waals surface area contributed by atoms with Gasteiger partial charge in [-0.05, 0) is 63.8 Å². The van der Waals surface area contributed by atoms with Gasteiger partial charge in [-0.3, -0.25) is 0 Å². The van der Waals surface area contributed by atoms with E-state index in [0.29, 0.717) is 32.0 Å². The lowest BCUT2D eigenvalue weighted by atomic mass is 9.85. The fourth-order valence-electron chi connectivity index (χ4n) is 8.16. The van der Waals surface area contributed by atoms with Gasteiger partial charge < -0.3 is 33.6 Å². The van der Waals surface area contributed by atoms with Crippen LogP contribution in [0.1, 0.15) is 57.0 Å². The molecule has 8 rings (SSSR count). The summed E-state index contributed by atoms with van der Waals surface area (Å²) in [5.41, 5.74) is 9.47. The first-order chi connectivity index (χ1) is 30.1. The maximum Gasteiger partial charge on any atom is 0.226 e. The van der Waals surface area contributed by atoms with Gasteiger partial charge in [0.1, 0.15) is 24.4 Å². The van der Waals surface area contributed by atoms with Crippen molar-refractivity contribution in [3.8, 4) is 0 Å². The zero-order valence-electron chi connectivity index (χ0n) is 34.7. The Morgan fingerprint density at radius 2 is 1.18 bits per heavy atom. The molecule has 1 saturated heterocycles. The highest BCUT2D eigenvalue weighted by Gasteiger charge is 2.61. The summed E-state index contributed by atoms with van der Waals surface area (Å²) in [5.74, 6) is -1.45. The van der Waals surface area contributed by atoms with E-state index in [1.807, 2.05) is 103 Å². The molecule has 0 bridgehead atoms. The molecule has 1 fully saturated rings. The Balaban J connectivity index is 1.23. The zero-order valence-corrected chi connectivity index (χ0v) is 35.5. The first kappa shape index (κ1) is 42.6. The van der Waals surface area contributed by atoms with E-state index in [0.717, 1.165) is 55.8 Å². The van der Waals surface area contributed by atoms with Crippen LogP contribution >= 0.6 is 11.8 Å². The molecule has 314 valence electrons. The molecule has 0 saturated carbocycles. The van der Waals surface area contributed by atoms with Crippen LogP contribution in [0.2, 0.25) is 0 Å². The second-order valence-corrected chi connectivity index (χ2v) is 16.3. The molecule has 6 aromatic rings. The molecule has 2 aliphatic rings. The Bertz CT molecular complexity index is 2310. The van der Waals surface area contributed by atoms with Crippen LogP contribution in [0.5, 0.6) is 0 Å². The van der Waals surface area contributed by atoms with E-state index in [4.69, 9.17) is 28.4 Å². The number of benzene rings is 6. The van der Waals surface area contributed by atoms with Gasteiger partial charge in [-0.25, -0.2) is 0 Å². The van der Waals surface area contributed by atoms with Crippen molar-refractivity contribution in [2.24, 2.45) is 5.16 Å². The number of hydrogen-bond donors (Lipinski definition) is 1. The van der Waals surface area contributed by atoms with Gasteiger partial charge in [0.25, 0.3) is 0 Å². The monoisotopic (exact) mass is 835 g/mol. The quantitative estimate of drug-likeness (QED) is 0.0396. The smallest absolute Gasteiger partial charge is 0.226 e. The van der Waals surface area contributed by atoms with Crippen LogP contribution in [0.15, 0.2) is 168 Å². The molecule has 5 atom stereocenters. The van der Waals surface area contributed by atoms with Crippen molar-refractivity contribution < 1.29 is 33.6 Å². The van der Waals surface area contributed by atoms with Gasteiger partial charge >= 0.3 is 0 Å². The predicted octanol–water partition coefficient (Wildman–Crippen LogP) is 10.4. The lowest BCUT2D eigenvalue weighted by Gasteiger charge is -2.51. The second kappa shape index (κ2) is 20.6. The van der Waals surface area contributed by atoms with Crippen LogP contribution < -0.4 is 0 Å². The molecule has 2 aliphatic heterocycles. The molecule has 0 radical (unpaired) electrons. The first-order valence-corrected chi connectivity index (χ1v) is 22.2. The summed E-state index contributed by atoms with van der Waals surface area (Å²) in [5, 5.41) is 14.6. The molecule has 61 heavy (non-hydrogen) atoms. The lowest BCUT2D eigenvalue weighted by Crippen LogP contribution is -2.65. The summed E-state index contributed by atoms with van der Waals surface area (Å²) in [6.45, 7) is 3.89. The standard InChI is InChI=1S/C52H53NO7S/c1-3-37-24-26-38(27-25-37)28-46(53-54)44-30-45-43(29-48(44)61-2)35-59-52(45)51(58-34-42-22-14-7-15-23-42)50(57-33-41-20-12-6-13-21-41)49(56-32-40-18-10-5-11-19-40)47(60-52)36-55-31-39-16-8-4-9-17-39/h4-27,29-30,47,49-51,54H,3,28,31-36H2,1-2H3/t47-,49-,50+,51-,52+/m1/s1. The van der Waals surface area contributed by atoms with Gasteiger partial charge in [-0.15, -0.1) is 11.8 Å². The third-order valence-corrected chi connectivity index (χ3v) is 12.2. The van der Waals surface area contributed by atoms with Crippen molar-refractivity contribution in [3.05, 3.63) is 208 Å². The summed E-state index contributed by atoms with van der Waals surface area (Å²) in [6.07, 6.45) is 0.630.